The first-order valence-corrected chi connectivity index (χ1v) is 2.73. The summed E-state index contributed by atoms with van der Waals surface area (Å²) in [6, 6.07) is 0.202. The molecule has 0 aliphatic heterocycles. The van der Waals surface area contributed by atoms with E-state index in [-0.39, 0.29) is 65.2 Å². The van der Waals surface area contributed by atoms with Crippen LogP contribution in [0.15, 0.2) is 6.07 Å². The summed E-state index contributed by atoms with van der Waals surface area (Å²) in [5.41, 5.74) is 0. The number of rotatable bonds is 1. The van der Waals surface area contributed by atoms with E-state index in [1.807, 2.05) is 0 Å². The van der Waals surface area contributed by atoms with Crippen LogP contribution in [0.25, 0.3) is 0 Å². The van der Waals surface area contributed by atoms with Crippen LogP contribution in [0.5, 0.6) is 11.5 Å². The first-order chi connectivity index (χ1) is 5.57. The van der Waals surface area contributed by atoms with E-state index in [0.29, 0.717) is 0 Å². The number of phenolic OH excluding ortho intramolecular Hbond substituents is 1. The maximum atomic E-state index is 12.4. The fraction of sp³-hybridized carbons (Fsp3) is 0. The Labute approximate surface area is 121 Å². The van der Waals surface area contributed by atoms with Gasteiger partial charge in [0.1, 0.15) is 0 Å². The van der Waals surface area contributed by atoms with E-state index >= 15 is 0 Å². The van der Waals surface area contributed by atoms with Crippen molar-refractivity contribution in [3.63, 3.8) is 0 Å². The fourth-order valence-corrected chi connectivity index (χ4v) is 0.637. The predicted octanol–water partition coefficient (Wildman–Crippen LogP) is 1.31. The van der Waals surface area contributed by atoms with Crippen LogP contribution in [-0.4, -0.2) is 64.2 Å². The molecular formula is C6H2F4Na2O2. The normalized spacial score (nSPS) is 8.57. The van der Waals surface area contributed by atoms with Gasteiger partial charge in [0, 0.05) is 69.7 Å². The molecule has 1 N–H and O–H groups in total. The Balaban J connectivity index is 0. The molecule has 0 saturated heterocycles. The van der Waals surface area contributed by atoms with Crippen LogP contribution in [-0.2, 0) is 0 Å². The van der Waals surface area contributed by atoms with Gasteiger partial charge in [0.25, 0.3) is 0 Å². The quantitative estimate of drug-likeness (QED) is 0.446. The zero-order valence-electron chi connectivity index (χ0n) is 7.44. The summed E-state index contributed by atoms with van der Waals surface area (Å²) < 4.78 is 48.4. The molecule has 0 bridgehead atoms. The van der Waals surface area contributed by atoms with Crippen molar-refractivity contribution in [1.82, 2.24) is 0 Å². The molecule has 2 nitrogen and oxygen atoms in total. The van der Waals surface area contributed by atoms with Gasteiger partial charge in [0.15, 0.2) is 11.6 Å². The van der Waals surface area contributed by atoms with Gasteiger partial charge in [0.05, 0.1) is 0 Å². The van der Waals surface area contributed by atoms with Crippen LogP contribution in [0.1, 0.15) is 0 Å². The van der Waals surface area contributed by atoms with Crippen LogP contribution < -0.4 is 4.94 Å². The molecule has 0 unspecified atom stereocenters. The minimum Gasteiger partial charge on any atom is -0.505 e. The Bertz CT molecular complexity index is 321. The molecule has 0 fully saturated rings. The van der Waals surface area contributed by atoms with Gasteiger partial charge < -0.3 is 5.11 Å². The van der Waals surface area contributed by atoms with E-state index in [9.17, 15) is 17.7 Å². The maximum absolute atomic E-state index is 12.4. The summed E-state index contributed by atoms with van der Waals surface area (Å²) in [6.07, 6.45) is 0. The number of hydrogen-bond donors (Lipinski definition) is 1. The summed E-state index contributed by atoms with van der Waals surface area (Å²) in [6.45, 7) is 0. The molecule has 0 spiro atoms. The first-order valence-electron chi connectivity index (χ1n) is 2.73. The second-order valence-electron chi connectivity index (χ2n) is 1.91. The summed E-state index contributed by atoms with van der Waals surface area (Å²) in [7, 11) is 0. The van der Waals surface area contributed by atoms with Crippen LogP contribution in [0.3, 0.4) is 0 Å². The molecule has 0 atom stereocenters. The smallest absolute Gasteiger partial charge is 0.246 e. The fourth-order valence-electron chi connectivity index (χ4n) is 0.637. The van der Waals surface area contributed by atoms with Gasteiger partial charge in [-0.25, -0.2) is 4.39 Å². The van der Waals surface area contributed by atoms with Crippen LogP contribution in [0.2, 0.25) is 0 Å². The van der Waals surface area contributed by atoms with E-state index in [2.05, 4.69) is 4.94 Å². The molecule has 0 amide bonds. The summed E-state index contributed by atoms with van der Waals surface area (Å²) in [4.78, 5) is 2.71. The molecule has 0 aliphatic rings. The number of benzene rings is 1. The average molecular weight is 228 g/mol. The third kappa shape index (κ3) is 3.29. The monoisotopic (exact) mass is 228 g/mol. The molecule has 14 heavy (non-hydrogen) atoms. The SMILES string of the molecule is Oc1cc(F)c(OF)c(F)c1F.[Na].[Na]. The molecule has 2 radical (unpaired) electrons. The van der Waals surface area contributed by atoms with Crippen molar-refractivity contribution >= 4 is 59.1 Å². The molecule has 1 rings (SSSR count). The van der Waals surface area contributed by atoms with Gasteiger partial charge in [-0.2, -0.15) is 8.78 Å². The third-order valence-corrected chi connectivity index (χ3v) is 1.17. The van der Waals surface area contributed by atoms with Crippen LogP contribution in [0.4, 0.5) is 17.7 Å². The predicted molar refractivity (Wildman–Crippen MR) is 41.2 cm³/mol. The molecule has 68 valence electrons. The molecule has 0 saturated carbocycles. The van der Waals surface area contributed by atoms with Crippen molar-refractivity contribution in [3.8, 4) is 11.5 Å². The Morgan fingerprint density at radius 1 is 1.07 bits per heavy atom. The minimum atomic E-state index is -1.91. The largest absolute Gasteiger partial charge is 0.505 e. The zero-order valence-corrected chi connectivity index (χ0v) is 11.4. The molecule has 0 aromatic heterocycles. The maximum Gasteiger partial charge on any atom is 0.246 e. The molecule has 0 aliphatic carbocycles. The molecule has 0 heterocycles. The van der Waals surface area contributed by atoms with E-state index < -0.39 is 29.0 Å². The zero-order chi connectivity index (χ0) is 9.30. The average Bonchev–Trinajstić information content (AvgIpc) is 2.01. The van der Waals surface area contributed by atoms with Gasteiger partial charge in [-0.15, -0.1) is 0 Å². The topological polar surface area (TPSA) is 29.5 Å². The molecular weight excluding hydrogens is 226 g/mol. The van der Waals surface area contributed by atoms with Crippen molar-refractivity contribution in [2.75, 3.05) is 0 Å². The molecule has 8 heteroatoms. The van der Waals surface area contributed by atoms with E-state index in [0.717, 1.165) is 0 Å². The van der Waals surface area contributed by atoms with Gasteiger partial charge in [-0.1, -0.05) is 0 Å². The van der Waals surface area contributed by atoms with E-state index in [1.165, 1.54) is 0 Å². The second kappa shape index (κ2) is 6.92. The Morgan fingerprint density at radius 2 is 1.57 bits per heavy atom. The van der Waals surface area contributed by atoms with Crippen molar-refractivity contribution in [2.24, 2.45) is 0 Å². The second-order valence-corrected chi connectivity index (χ2v) is 1.91. The van der Waals surface area contributed by atoms with E-state index in [4.69, 9.17) is 5.11 Å². The number of aromatic hydroxyl groups is 1. The van der Waals surface area contributed by atoms with Crippen LogP contribution >= 0.6 is 0 Å². The number of hydrogen-bond acceptors (Lipinski definition) is 2. The van der Waals surface area contributed by atoms with Gasteiger partial charge in [-0.05, 0) is 0 Å². The summed E-state index contributed by atoms with van der Waals surface area (Å²) in [5, 5.41) is 8.47. The molecule has 1 aromatic carbocycles. The third-order valence-electron chi connectivity index (χ3n) is 1.17. The van der Waals surface area contributed by atoms with E-state index in [1.54, 1.807) is 0 Å². The van der Waals surface area contributed by atoms with Crippen LogP contribution in [0, 0.1) is 17.5 Å². The van der Waals surface area contributed by atoms with Crippen molar-refractivity contribution in [3.05, 3.63) is 23.5 Å². The Kier molecular flexibility index (Phi) is 8.38. The number of phenols is 1. The van der Waals surface area contributed by atoms with Gasteiger partial charge in [-0.3, -0.25) is 4.94 Å². The number of halogens is 4. The summed E-state index contributed by atoms with van der Waals surface area (Å²) in [5.74, 6) is -7.94. The van der Waals surface area contributed by atoms with Crippen molar-refractivity contribution < 1.29 is 27.7 Å². The Hall–Kier alpha value is 0.540. The van der Waals surface area contributed by atoms with Gasteiger partial charge >= 0.3 is 0 Å². The minimum absolute atomic E-state index is 0. The Morgan fingerprint density at radius 3 is 2.00 bits per heavy atom. The van der Waals surface area contributed by atoms with Crippen molar-refractivity contribution in [2.45, 2.75) is 0 Å². The standard InChI is InChI=1S/C6H2F4O2.2Na/c7-2-1-3(11)4(8)5(9)6(2)12-10;;/h1,11H;;. The van der Waals surface area contributed by atoms with Crippen molar-refractivity contribution in [1.29, 1.82) is 0 Å². The van der Waals surface area contributed by atoms with Gasteiger partial charge in [0.2, 0.25) is 17.4 Å². The summed E-state index contributed by atoms with van der Waals surface area (Å²) >= 11 is 0. The molecule has 1 aromatic rings. The first kappa shape index (κ1) is 17.0.